The van der Waals surface area contributed by atoms with Crippen LogP contribution in [0.2, 0.25) is 0 Å². The molecule has 1 aromatic carbocycles. The van der Waals surface area contributed by atoms with E-state index in [1.165, 1.54) is 18.5 Å². The van der Waals surface area contributed by atoms with Crippen LogP contribution in [0.15, 0.2) is 47.8 Å². The van der Waals surface area contributed by atoms with Gasteiger partial charge in [0.15, 0.2) is 5.78 Å². The SMILES string of the molecule is C/C(Cn1cc(C(=O)O)cn1)=C1/CN(C(C(=O)C2CC2)c2ccccc2F)CCC1S. The summed E-state index contributed by atoms with van der Waals surface area (Å²) in [5.41, 5.74) is 2.68. The number of benzene rings is 1. The average Bonchev–Trinajstić information content (AvgIpc) is 3.49. The van der Waals surface area contributed by atoms with Crippen molar-refractivity contribution >= 4 is 24.4 Å². The van der Waals surface area contributed by atoms with E-state index in [0.29, 0.717) is 25.2 Å². The number of carboxylic acids is 1. The molecule has 0 amide bonds. The van der Waals surface area contributed by atoms with Crippen molar-refractivity contribution < 1.29 is 19.1 Å². The third kappa shape index (κ3) is 4.75. The third-order valence-electron chi connectivity index (χ3n) is 6.11. The van der Waals surface area contributed by atoms with E-state index in [2.05, 4.69) is 10.00 Å². The van der Waals surface area contributed by atoms with Gasteiger partial charge in [-0.25, -0.2) is 9.18 Å². The Morgan fingerprint density at radius 2 is 2.03 bits per heavy atom. The largest absolute Gasteiger partial charge is 0.478 e. The Balaban J connectivity index is 1.60. The molecule has 1 aliphatic heterocycles. The quantitative estimate of drug-likeness (QED) is 0.503. The Labute approximate surface area is 186 Å². The van der Waals surface area contributed by atoms with E-state index in [0.717, 1.165) is 30.4 Å². The van der Waals surface area contributed by atoms with Crippen LogP contribution in [0.5, 0.6) is 0 Å². The fourth-order valence-corrected chi connectivity index (χ4v) is 4.65. The number of aromatic carboxylic acids is 1. The highest BCUT2D eigenvalue weighted by atomic mass is 32.1. The first-order chi connectivity index (χ1) is 14.8. The van der Waals surface area contributed by atoms with Crippen molar-refractivity contribution in [2.45, 2.75) is 44.0 Å². The first kappa shape index (κ1) is 21.8. The summed E-state index contributed by atoms with van der Waals surface area (Å²) in [5, 5.41) is 13.3. The summed E-state index contributed by atoms with van der Waals surface area (Å²) in [7, 11) is 0. The van der Waals surface area contributed by atoms with E-state index in [9.17, 15) is 14.0 Å². The van der Waals surface area contributed by atoms with Gasteiger partial charge in [-0.3, -0.25) is 14.4 Å². The van der Waals surface area contributed by atoms with E-state index in [4.69, 9.17) is 17.7 Å². The van der Waals surface area contributed by atoms with Gasteiger partial charge in [0, 0.05) is 36.0 Å². The first-order valence-corrected chi connectivity index (χ1v) is 11.0. The normalized spacial score (nSPS) is 22.2. The molecule has 2 aliphatic rings. The number of carboxylic acid groups (broad SMARTS) is 1. The minimum absolute atomic E-state index is 0.0189. The summed E-state index contributed by atoms with van der Waals surface area (Å²) in [6.45, 7) is 3.59. The second-order valence-corrected chi connectivity index (χ2v) is 9.04. The van der Waals surface area contributed by atoms with Crippen molar-refractivity contribution in [1.29, 1.82) is 0 Å². The monoisotopic (exact) mass is 443 g/mol. The molecule has 2 unspecified atom stereocenters. The number of thiol groups is 1. The lowest BCUT2D eigenvalue weighted by Crippen LogP contribution is -2.43. The van der Waals surface area contributed by atoms with Crippen molar-refractivity contribution in [3.05, 3.63) is 64.7 Å². The summed E-state index contributed by atoms with van der Waals surface area (Å²) in [5.74, 6) is -1.25. The van der Waals surface area contributed by atoms with Gasteiger partial charge in [0.25, 0.3) is 0 Å². The molecule has 1 saturated carbocycles. The van der Waals surface area contributed by atoms with Crippen LogP contribution in [0.25, 0.3) is 0 Å². The highest BCUT2D eigenvalue weighted by molar-refractivity contribution is 7.81. The number of nitrogens with zero attached hydrogens (tertiary/aromatic N) is 3. The molecule has 1 aliphatic carbocycles. The van der Waals surface area contributed by atoms with Crippen LogP contribution in [-0.2, 0) is 11.3 Å². The highest BCUT2D eigenvalue weighted by Crippen LogP contribution is 2.39. The van der Waals surface area contributed by atoms with Gasteiger partial charge in [-0.1, -0.05) is 23.8 Å². The van der Waals surface area contributed by atoms with Crippen LogP contribution < -0.4 is 0 Å². The fraction of sp³-hybridized carbons (Fsp3) is 0.435. The van der Waals surface area contributed by atoms with Gasteiger partial charge in [-0.2, -0.15) is 17.7 Å². The minimum Gasteiger partial charge on any atom is -0.478 e. The number of carbonyl (C=O) groups excluding carboxylic acids is 1. The zero-order valence-electron chi connectivity index (χ0n) is 17.4. The molecule has 1 saturated heterocycles. The molecule has 1 N–H and O–H groups in total. The molecule has 2 fully saturated rings. The topological polar surface area (TPSA) is 75.4 Å². The Kier molecular flexibility index (Phi) is 6.29. The Hall–Kier alpha value is -2.45. The number of carbonyl (C=O) groups is 2. The Bertz CT molecular complexity index is 1030. The maximum Gasteiger partial charge on any atom is 0.338 e. The van der Waals surface area contributed by atoms with Crippen LogP contribution in [0, 0.1) is 11.7 Å². The second kappa shape index (κ2) is 8.96. The number of allylic oxidation sites excluding steroid dienone is 1. The molecule has 31 heavy (non-hydrogen) atoms. The summed E-state index contributed by atoms with van der Waals surface area (Å²) in [4.78, 5) is 26.3. The zero-order valence-corrected chi connectivity index (χ0v) is 18.3. The van der Waals surface area contributed by atoms with Gasteiger partial charge in [-0.15, -0.1) is 0 Å². The summed E-state index contributed by atoms with van der Waals surface area (Å²) in [6, 6.07) is 5.94. The van der Waals surface area contributed by atoms with E-state index in [1.807, 2.05) is 6.92 Å². The van der Waals surface area contributed by atoms with Crippen LogP contribution in [0.3, 0.4) is 0 Å². The molecule has 0 radical (unpaired) electrons. The molecule has 0 bridgehead atoms. The molecule has 8 heteroatoms. The van der Waals surface area contributed by atoms with Crippen molar-refractivity contribution in [3.8, 4) is 0 Å². The number of hydrogen-bond acceptors (Lipinski definition) is 5. The number of halogens is 1. The minimum atomic E-state index is -1.02. The zero-order chi connectivity index (χ0) is 22.1. The maximum absolute atomic E-state index is 14.7. The molecule has 164 valence electrons. The van der Waals surface area contributed by atoms with E-state index in [-0.39, 0.29) is 28.3 Å². The second-order valence-electron chi connectivity index (χ2n) is 8.41. The fourth-order valence-electron chi connectivity index (χ4n) is 4.23. The number of rotatable bonds is 7. The van der Waals surface area contributed by atoms with Gasteiger partial charge < -0.3 is 5.11 Å². The molecule has 2 atom stereocenters. The van der Waals surface area contributed by atoms with E-state index >= 15 is 0 Å². The van der Waals surface area contributed by atoms with Crippen molar-refractivity contribution in [3.63, 3.8) is 0 Å². The van der Waals surface area contributed by atoms with Crippen molar-refractivity contribution in [2.24, 2.45) is 5.92 Å². The van der Waals surface area contributed by atoms with Crippen LogP contribution in [-0.4, -0.2) is 49.9 Å². The number of aromatic nitrogens is 2. The van der Waals surface area contributed by atoms with Crippen molar-refractivity contribution in [1.82, 2.24) is 14.7 Å². The molecule has 2 aromatic rings. The molecule has 6 nitrogen and oxygen atoms in total. The predicted octanol–water partition coefficient (Wildman–Crippen LogP) is 3.76. The van der Waals surface area contributed by atoms with Gasteiger partial charge in [-0.05, 0) is 37.8 Å². The number of piperidine rings is 1. The van der Waals surface area contributed by atoms with Gasteiger partial charge >= 0.3 is 5.97 Å². The maximum atomic E-state index is 14.7. The number of hydrogen-bond donors (Lipinski definition) is 2. The summed E-state index contributed by atoms with van der Waals surface area (Å²) < 4.78 is 16.3. The van der Waals surface area contributed by atoms with E-state index < -0.39 is 12.0 Å². The number of likely N-dealkylation sites (tertiary alicyclic amines) is 1. The Morgan fingerprint density at radius 1 is 1.29 bits per heavy atom. The van der Waals surface area contributed by atoms with Crippen LogP contribution in [0.1, 0.15) is 48.1 Å². The van der Waals surface area contributed by atoms with Crippen LogP contribution >= 0.6 is 12.6 Å². The van der Waals surface area contributed by atoms with Crippen LogP contribution in [0.4, 0.5) is 4.39 Å². The molecule has 0 spiro atoms. The van der Waals surface area contributed by atoms with E-state index in [1.54, 1.807) is 22.9 Å². The molecule has 2 heterocycles. The molecular formula is C23H26FN3O3S. The number of Topliss-reactive ketones (excluding diaryl/α,β-unsaturated/α-hetero) is 1. The smallest absolute Gasteiger partial charge is 0.338 e. The molecule has 4 rings (SSSR count). The average molecular weight is 444 g/mol. The standard InChI is InChI=1S/C23H26FN3O3S/c1-14(11-27-12-16(10-25-27)23(29)30)18-13-26(9-8-20(18)31)21(22(28)15-6-7-15)17-4-2-3-5-19(17)24/h2-5,10,12,15,20-21,31H,6-9,11,13H2,1H3,(H,29,30)/b18-14+. The third-order valence-corrected chi connectivity index (χ3v) is 6.68. The summed E-state index contributed by atoms with van der Waals surface area (Å²) >= 11 is 4.75. The lowest BCUT2D eigenvalue weighted by molar-refractivity contribution is -0.126. The Morgan fingerprint density at radius 3 is 2.68 bits per heavy atom. The number of ketones is 1. The van der Waals surface area contributed by atoms with Crippen molar-refractivity contribution in [2.75, 3.05) is 13.1 Å². The molecule has 1 aromatic heterocycles. The van der Waals surface area contributed by atoms with Gasteiger partial charge in [0.05, 0.1) is 24.3 Å². The predicted molar refractivity (Wildman–Crippen MR) is 118 cm³/mol. The lowest BCUT2D eigenvalue weighted by Gasteiger charge is -2.38. The lowest BCUT2D eigenvalue weighted by atomic mass is 9.92. The highest BCUT2D eigenvalue weighted by Gasteiger charge is 2.41. The first-order valence-electron chi connectivity index (χ1n) is 10.5. The summed E-state index contributed by atoms with van der Waals surface area (Å²) in [6.07, 6.45) is 5.32. The van der Waals surface area contributed by atoms with Gasteiger partial charge in [0.2, 0.25) is 0 Å². The molecular weight excluding hydrogens is 417 g/mol. The van der Waals surface area contributed by atoms with Gasteiger partial charge in [0.1, 0.15) is 5.82 Å².